The molecule has 0 spiro atoms. The zero-order valence-electron chi connectivity index (χ0n) is 13.9. The molecule has 2 N–H and O–H groups in total. The van der Waals surface area contributed by atoms with E-state index in [1.165, 1.54) is 11.8 Å². The van der Waals surface area contributed by atoms with Crippen molar-refractivity contribution in [3.05, 3.63) is 59.7 Å². The summed E-state index contributed by atoms with van der Waals surface area (Å²) in [6, 6.07) is 16.8. The second kappa shape index (κ2) is 9.50. The molecule has 0 bridgehead atoms. The minimum atomic E-state index is -0.165. The van der Waals surface area contributed by atoms with Crippen LogP contribution in [-0.2, 0) is 16.0 Å². The van der Waals surface area contributed by atoms with Gasteiger partial charge in [-0.1, -0.05) is 24.3 Å². The molecule has 2 amide bonds. The molecule has 0 atom stereocenters. The van der Waals surface area contributed by atoms with Gasteiger partial charge in [0.2, 0.25) is 11.8 Å². The van der Waals surface area contributed by atoms with E-state index in [0.29, 0.717) is 12.1 Å². The third-order valence-corrected chi connectivity index (χ3v) is 4.22. The molecular formula is C19H19N3O2S. The summed E-state index contributed by atoms with van der Waals surface area (Å²) in [7, 11) is 0. The van der Waals surface area contributed by atoms with E-state index in [1.807, 2.05) is 31.2 Å². The van der Waals surface area contributed by atoms with Crippen LogP contribution in [0.4, 0.5) is 11.4 Å². The first-order chi connectivity index (χ1) is 12.1. The summed E-state index contributed by atoms with van der Waals surface area (Å²) in [5.41, 5.74) is 3.41. The summed E-state index contributed by atoms with van der Waals surface area (Å²) in [6.07, 6.45) is 0.347. The molecule has 0 heterocycles. The maximum atomic E-state index is 11.9. The van der Waals surface area contributed by atoms with Crippen LogP contribution in [0.5, 0.6) is 0 Å². The van der Waals surface area contributed by atoms with Crippen molar-refractivity contribution in [2.75, 3.05) is 22.1 Å². The number of nitrogens with zero attached hydrogens (tertiary/aromatic N) is 1. The number of anilines is 2. The number of carbonyl (C=O) groups is 2. The van der Waals surface area contributed by atoms with Crippen LogP contribution < -0.4 is 10.6 Å². The molecule has 128 valence electrons. The highest BCUT2D eigenvalue weighted by Gasteiger charge is 2.07. The van der Waals surface area contributed by atoms with E-state index in [-0.39, 0.29) is 23.3 Å². The first-order valence-corrected chi connectivity index (χ1v) is 8.92. The molecule has 2 aromatic carbocycles. The molecule has 0 saturated carbocycles. The number of nitrogens with one attached hydrogen (secondary N) is 2. The number of hydrogen-bond acceptors (Lipinski definition) is 4. The van der Waals surface area contributed by atoms with Crippen LogP contribution in [0.15, 0.2) is 48.5 Å². The highest BCUT2D eigenvalue weighted by molar-refractivity contribution is 8.00. The van der Waals surface area contributed by atoms with Crippen molar-refractivity contribution in [3.8, 4) is 6.07 Å². The summed E-state index contributed by atoms with van der Waals surface area (Å²) in [5.74, 6) is 0.106. The van der Waals surface area contributed by atoms with Gasteiger partial charge in [-0.15, -0.1) is 11.8 Å². The Morgan fingerprint density at radius 2 is 1.64 bits per heavy atom. The number of benzene rings is 2. The highest BCUT2D eigenvalue weighted by Crippen LogP contribution is 2.12. The van der Waals surface area contributed by atoms with Gasteiger partial charge in [0.15, 0.2) is 0 Å². The molecule has 0 saturated heterocycles. The summed E-state index contributed by atoms with van der Waals surface area (Å²) < 4.78 is 0. The molecule has 2 rings (SSSR count). The fourth-order valence-electron chi connectivity index (χ4n) is 2.15. The van der Waals surface area contributed by atoms with E-state index in [2.05, 4.69) is 16.7 Å². The van der Waals surface area contributed by atoms with E-state index in [0.717, 1.165) is 16.8 Å². The monoisotopic (exact) mass is 353 g/mol. The van der Waals surface area contributed by atoms with Crippen LogP contribution in [0.2, 0.25) is 0 Å². The van der Waals surface area contributed by atoms with Gasteiger partial charge < -0.3 is 10.6 Å². The zero-order valence-corrected chi connectivity index (χ0v) is 14.7. The molecule has 0 radical (unpaired) electrons. The summed E-state index contributed by atoms with van der Waals surface area (Å²) in [4.78, 5) is 23.8. The molecule has 6 heteroatoms. The van der Waals surface area contributed by atoms with Gasteiger partial charge in [-0.25, -0.2) is 0 Å². The van der Waals surface area contributed by atoms with Gasteiger partial charge >= 0.3 is 0 Å². The molecule has 5 nitrogen and oxygen atoms in total. The van der Waals surface area contributed by atoms with Crippen LogP contribution in [0, 0.1) is 18.3 Å². The summed E-state index contributed by atoms with van der Waals surface area (Å²) in [5, 5.41) is 14.2. The van der Waals surface area contributed by atoms with E-state index >= 15 is 0 Å². The molecule has 0 fully saturated rings. The molecule has 0 aromatic heterocycles. The maximum Gasteiger partial charge on any atom is 0.234 e. The van der Waals surface area contributed by atoms with Crippen molar-refractivity contribution >= 4 is 35.0 Å². The average Bonchev–Trinajstić information content (AvgIpc) is 2.57. The van der Waals surface area contributed by atoms with Gasteiger partial charge in [0.1, 0.15) is 0 Å². The predicted molar refractivity (Wildman–Crippen MR) is 102 cm³/mol. The highest BCUT2D eigenvalue weighted by atomic mass is 32.2. The van der Waals surface area contributed by atoms with Crippen LogP contribution in [-0.4, -0.2) is 23.3 Å². The Labute approximate surface area is 151 Å². The second-order valence-corrected chi connectivity index (χ2v) is 6.48. The van der Waals surface area contributed by atoms with Crippen molar-refractivity contribution in [2.24, 2.45) is 0 Å². The SMILES string of the molecule is Cc1cccc(NC(=O)CSCC(=O)Nc2ccc(CC#N)cc2)c1. The zero-order chi connectivity index (χ0) is 18.1. The lowest BCUT2D eigenvalue weighted by atomic mass is 10.1. The Balaban J connectivity index is 1.71. The minimum Gasteiger partial charge on any atom is -0.325 e. The third kappa shape index (κ3) is 6.69. The Hall–Kier alpha value is -2.78. The van der Waals surface area contributed by atoms with Crippen LogP contribution >= 0.6 is 11.8 Å². The van der Waals surface area contributed by atoms with Gasteiger partial charge in [-0.2, -0.15) is 5.26 Å². The van der Waals surface area contributed by atoms with Crippen LogP contribution in [0.3, 0.4) is 0 Å². The van der Waals surface area contributed by atoms with E-state index in [1.54, 1.807) is 24.3 Å². The molecule has 0 aliphatic rings. The molecule has 2 aromatic rings. The van der Waals surface area contributed by atoms with Gasteiger partial charge in [-0.3, -0.25) is 9.59 Å². The number of amides is 2. The Morgan fingerprint density at radius 1 is 1.00 bits per heavy atom. The number of carbonyl (C=O) groups excluding carboxylic acids is 2. The Kier molecular flexibility index (Phi) is 7.05. The van der Waals surface area contributed by atoms with Gasteiger partial charge in [0.05, 0.1) is 24.0 Å². The first kappa shape index (κ1) is 18.6. The van der Waals surface area contributed by atoms with Gasteiger partial charge in [-0.05, 0) is 42.3 Å². The van der Waals surface area contributed by atoms with Crippen molar-refractivity contribution < 1.29 is 9.59 Å². The molecule has 25 heavy (non-hydrogen) atoms. The summed E-state index contributed by atoms with van der Waals surface area (Å²) >= 11 is 1.26. The normalized spacial score (nSPS) is 9.92. The molecule has 0 aliphatic carbocycles. The fourth-order valence-corrected chi connectivity index (χ4v) is 2.77. The number of aryl methyl sites for hydroxylation is 1. The Bertz CT molecular complexity index is 782. The number of hydrogen-bond donors (Lipinski definition) is 2. The van der Waals surface area contributed by atoms with E-state index in [4.69, 9.17) is 5.26 Å². The lowest BCUT2D eigenvalue weighted by Gasteiger charge is -2.07. The second-order valence-electron chi connectivity index (χ2n) is 5.49. The van der Waals surface area contributed by atoms with Crippen molar-refractivity contribution in [1.29, 1.82) is 5.26 Å². The topological polar surface area (TPSA) is 82.0 Å². The number of rotatable bonds is 7. The lowest BCUT2D eigenvalue weighted by molar-refractivity contribution is -0.114. The Morgan fingerprint density at radius 3 is 2.24 bits per heavy atom. The van der Waals surface area contributed by atoms with Gasteiger partial charge in [0, 0.05) is 11.4 Å². The number of nitriles is 1. The maximum absolute atomic E-state index is 11.9. The molecule has 0 unspecified atom stereocenters. The minimum absolute atomic E-state index is 0.135. The number of thioether (sulfide) groups is 1. The fraction of sp³-hybridized carbons (Fsp3) is 0.211. The van der Waals surface area contributed by atoms with Crippen molar-refractivity contribution in [1.82, 2.24) is 0 Å². The molecule has 0 aliphatic heterocycles. The van der Waals surface area contributed by atoms with Crippen LogP contribution in [0.25, 0.3) is 0 Å². The van der Waals surface area contributed by atoms with Crippen LogP contribution in [0.1, 0.15) is 11.1 Å². The smallest absolute Gasteiger partial charge is 0.234 e. The van der Waals surface area contributed by atoms with Crippen molar-refractivity contribution in [2.45, 2.75) is 13.3 Å². The van der Waals surface area contributed by atoms with Gasteiger partial charge in [0.25, 0.3) is 0 Å². The molecular weight excluding hydrogens is 334 g/mol. The first-order valence-electron chi connectivity index (χ1n) is 7.77. The average molecular weight is 353 g/mol. The largest absolute Gasteiger partial charge is 0.325 e. The standard InChI is InChI=1S/C19H19N3O2S/c1-14-3-2-4-17(11-14)22-19(24)13-25-12-18(23)21-16-7-5-15(6-8-16)9-10-20/h2-8,11H,9,12-13H2,1H3,(H,21,23)(H,22,24). The predicted octanol–water partition coefficient (Wildman–Crippen LogP) is 3.37. The quantitative estimate of drug-likeness (QED) is 0.799. The van der Waals surface area contributed by atoms with E-state index < -0.39 is 0 Å². The van der Waals surface area contributed by atoms with E-state index in [9.17, 15) is 9.59 Å². The third-order valence-electron chi connectivity index (χ3n) is 3.29. The van der Waals surface area contributed by atoms with Crippen molar-refractivity contribution in [3.63, 3.8) is 0 Å². The lowest BCUT2D eigenvalue weighted by Crippen LogP contribution is -2.18. The summed E-state index contributed by atoms with van der Waals surface area (Å²) in [6.45, 7) is 1.96.